The zero-order chi connectivity index (χ0) is 14.6. The minimum atomic E-state index is -0.617. The molecule has 1 rings (SSSR count). The summed E-state index contributed by atoms with van der Waals surface area (Å²) in [5.41, 5.74) is 7.09. The lowest BCUT2D eigenvalue weighted by molar-refractivity contribution is -0.130. The molecule has 7 nitrogen and oxygen atoms in total. The number of aromatic nitrogens is 2. The Morgan fingerprint density at radius 3 is 2.63 bits per heavy atom. The van der Waals surface area contributed by atoms with Crippen LogP contribution < -0.4 is 11.1 Å². The Morgan fingerprint density at radius 2 is 2.11 bits per heavy atom. The number of aromatic amines is 1. The van der Waals surface area contributed by atoms with Crippen LogP contribution in [0.5, 0.6) is 0 Å². The number of hydrogen-bond acceptors (Lipinski definition) is 4. The second kappa shape index (κ2) is 6.21. The summed E-state index contributed by atoms with van der Waals surface area (Å²) in [6, 6.07) is -0.617. The molecule has 2 amide bonds. The van der Waals surface area contributed by atoms with E-state index in [1.165, 1.54) is 4.90 Å². The van der Waals surface area contributed by atoms with Gasteiger partial charge in [-0.2, -0.15) is 5.10 Å². The Morgan fingerprint density at radius 1 is 1.47 bits per heavy atom. The van der Waals surface area contributed by atoms with Crippen LogP contribution in [0.3, 0.4) is 0 Å². The number of aryl methyl sites for hydroxylation is 1. The molecule has 0 saturated carbocycles. The highest BCUT2D eigenvalue weighted by atomic mass is 16.2. The molecule has 1 unspecified atom stereocenters. The molecule has 0 radical (unpaired) electrons. The molecule has 0 saturated heterocycles. The summed E-state index contributed by atoms with van der Waals surface area (Å²) in [6.45, 7) is 3.63. The number of carbonyl (C=O) groups excluding carboxylic acids is 2. The molecule has 0 aliphatic carbocycles. The summed E-state index contributed by atoms with van der Waals surface area (Å²) in [4.78, 5) is 25.0. The minimum Gasteiger partial charge on any atom is -0.395 e. The van der Waals surface area contributed by atoms with E-state index in [1.54, 1.807) is 21.0 Å². The standard InChI is InChI=1S/C12H21N5O2/c1-5-6-8-9(13)10(16-15-8)11(18)14-7(2)12(19)17(3)4/h7H,5-6,13H2,1-4H3,(H,14,18)(H,15,16). The fourth-order valence-corrected chi connectivity index (χ4v) is 1.71. The molecule has 0 bridgehead atoms. The van der Waals surface area contributed by atoms with Gasteiger partial charge < -0.3 is 16.0 Å². The van der Waals surface area contributed by atoms with Gasteiger partial charge in [0.1, 0.15) is 6.04 Å². The molecule has 0 fully saturated rings. The Balaban J connectivity index is 2.76. The van der Waals surface area contributed by atoms with Crippen LogP contribution in [-0.4, -0.2) is 47.0 Å². The maximum absolute atomic E-state index is 12.0. The summed E-state index contributed by atoms with van der Waals surface area (Å²) < 4.78 is 0. The fraction of sp³-hybridized carbons (Fsp3) is 0.583. The zero-order valence-corrected chi connectivity index (χ0v) is 11.8. The maximum atomic E-state index is 12.0. The Labute approximate surface area is 112 Å². The third-order valence-electron chi connectivity index (χ3n) is 2.76. The third-order valence-corrected chi connectivity index (χ3v) is 2.76. The molecule has 0 aliphatic heterocycles. The smallest absolute Gasteiger partial charge is 0.274 e. The first kappa shape index (κ1) is 15.0. The predicted octanol–water partition coefficient (Wildman–Crippen LogP) is 0.151. The van der Waals surface area contributed by atoms with E-state index in [1.807, 2.05) is 6.92 Å². The van der Waals surface area contributed by atoms with E-state index in [2.05, 4.69) is 15.5 Å². The van der Waals surface area contributed by atoms with Crippen LogP contribution in [0.1, 0.15) is 36.5 Å². The zero-order valence-electron chi connectivity index (χ0n) is 11.8. The molecule has 0 aliphatic rings. The van der Waals surface area contributed by atoms with Gasteiger partial charge >= 0.3 is 0 Å². The van der Waals surface area contributed by atoms with E-state index in [4.69, 9.17) is 5.73 Å². The number of rotatable bonds is 5. The number of carbonyl (C=O) groups is 2. The molecule has 4 N–H and O–H groups in total. The van der Waals surface area contributed by atoms with Crippen molar-refractivity contribution in [2.24, 2.45) is 0 Å². The quantitative estimate of drug-likeness (QED) is 0.706. The van der Waals surface area contributed by atoms with Crippen molar-refractivity contribution < 1.29 is 9.59 Å². The normalized spacial score (nSPS) is 12.0. The van der Waals surface area contributed by atoms with E-state index in [-0.39, 0.29) is 11.6 Å². The SMILES string of the molecule is CCCc1[nH]nc(C(=O)NC(C)C(=O)N(C)C)c1N. The van der Waals surface area contributed by atoms with Crippen LogP contribution in [0.15, 0.2) is 0 Å². The number of amides is 2. The van der Waals surface area contributed by atoms with E-state index in [0.29, 0.717) is 5.69 Å². The molecule has 1 aromatic heterocycles. The van der Waals surface area contributed by atoms with E-state index < -0.39 is 11.9 Å². The van der Waals surface area contributed by atoms with Crippen LogP contribution in [0.25, 0.3) is 0 Å². The first-order valence-corrected chi connectivity index (χ1v) is 6.23. The molecule has 106 valence electrons. The summed E-state index contributed by atoms with van der Waals surface area (Å²) in [7, 11) is 3.26. The number of anilines is 1. The van der Waals surface area contributed by atoms with E-state index in [9.17, 15) is 9.59 Å². The van der Waals surface area contributed by atoms with Gasteiger partial charge in [-0.15, -0.1) is 0 Å². The molecule has 1 aromatic rings. The molecule has 1 heterocycles. The second-order valence-electron chi connectivity index (χ2n) is 4.64. The second-order valence-corrected chi connectivity index (χ2v) is 4.64. The van der Waals surface area contributed by atoms with Crippen LogP contribution in [0.4, 0.5) is 5.69 Å². The van der Waals surface area contributed by atoms with Crippen LogP contribution in [0.2, 0.25) is 0 Å². The largest absolute Gasteiger partial charge is 0.395 e. The fourth-order valence-electron chi connectivity index (χ4n) is 1.71. The van der Waals surface area contributed by atoms with Gasteiger partial charge in [0, 0.05) is 14.1 Å². The van der Waals surface area contributed by atoms with Gasteiger partial charge in [0.05, 0.1) is 11.4 Å². The van der Waals surface area contributed by atoms with Crippen molar-refractivity contribution in [2.75, 3.05) is 19.8 Å². The molecule has 0 spiro atoms. The Kier molecular flexibility index (Phi) is 4.91. The van der Waals surface area contributed by atoms with Gasteiger partial charge in [-0.1, -0.05) is 13.3 Å². The lowest BCUT2D eigenvalue weighted by Gasteiger charge is -2.17. The van der Waals surface area contributed by atoms with Crippen molar-refractivity contribution in [2.45, 2.75) is 32.7 Å². The van der Waals surface area contributed by atoms with E-state index >= 15 is 0 Å². The molecular weight excluding hydrogens is 246 g/mol. The average molecular weight is 267 g/mol. The first-order chi connectivity index (χ1) is 8.88. The van der Waals surface area contributed by atoms with Crippen LogP contribution in [-0.2, 0) is 11.2 Å². The van der Waals surface area contributed by atoms with Crippen molar-refractivity contribution in [3.8, 4) is 0 Å². The monoisotopic (exact) mass is 267 g/mol. The Hall–Kier alpha value is -2.05. The number of nitrogen functional groups attached to an aromatic ring is 1. The first-order valence-electron chi connectivity index (χ1n) is 6.23. The number of H-pyrrole nitrogens is 1. The van der Waals surface area contributed by atoms with Crippen molar-refractivity contribution in [3.05, 3.63) is 11.4 Å². The highest BCUT2D eigenvalue weighted by Gasteiger charge is 2.22. The van der Waals surface area contributed by atoms with Crippen molar-refractivity contribution in [1.82, 2.24) is 20.4 Å². The highest BCUT2D eigenvalue weighted by molar-refractivity contribution is 6.00. The summed E-state index contributed by atoms with van der Waals surface area (Å²) in [5.74, 6) is -0.630. The number of nitrogens with one attached hydrogen (secondary N) is 2. The average Bonchev–Trinajstić information content (AvgIpc) is 2.70. The summed E-state index contributed by atoms with van der Waals surface area (Å²) in [5, 5.41) is 9.24. The maximum Gasteiger partial charge on any atom is 0.274 e. The van der Waals surface area contributed by atoms with Gasteiger partial charge in [-0.3, -0.25) is 14.7 Å². The van der Waals surface area contributed by atoms with Crippen molar-refractivity contribution in [1.29, 1.82) is 0 Å². The topological polar surface area (TPSA) is 104 Å². The van der Waals surface area contributed by atoms with Crippen molar-refractivity contribution >= 4 is 17.5 Å². The molecule has 0 aromatic carbocycles. The van der Waals surface area contributed by atoms with Gasteiger partial charge in [0.25, 0.3) is 5.91 Å². The molecule has 1 atom stereocenters. The lowest BCUT2D eigenvalue weighted by Crippen LogP contribution is -2.44. The molecular formula is C12H21N5O2. The van der Waals surface area contributed by atoms with Crippen LogP contribution >= 0.6 is 0 Å². The van der Waals surface area contributed by atoms with Gasteiger partial charge in [0.2, 0.25) is 5.91 Å². The van der Waals surface area contributed by atoms with Gasteiger partial charge in [0.15, 0.2) is 5.69 Å². The number of likely N-dealkylation sites (N-methyl/N-ethyl adjacent to an activating group) is 1. The van der Waals surface area contributed by atoms with Crippen molar-refractivity contribution in [3.63, 3.8) is 0 Å². The number of nitrogens with zero attached hydrogens (tertiary/aromatic N) is 2. The van der Waals surface area contributed by atoms with Gasteiger partial charge in [-0.05, 0) is 13.3 Å². The van der Waals surface area contributed by atoms with E-state index in [0.717, 1.165) is 18.5 Å². The summed E-state index contributed by atoms with van der Waals surface area (Å²) >= 11 is 0. The number of nitrogens with two attached hydrogens (primary N) is 1. The predicted molar refractivity (Wildman–Crippen MR) is 72.6 cm³/mol. The third kappa shape index (κ3) is 3.46. The summed E-state index contributed by atoms with van der Waals surface area (Å²) in [6.07, 6.45) is 1.64. The molecule has 19 heavy (non-hydrogen) atoms. The van der Waals surface area contributed by atoms with Crippen LogP contribution in [0, 0.1) is 0 Å². The number of hydrogen-bond donors (Lipinski definition) is 3. The Bertz CT molecular complexity index is 467. The van der Waals surface area contributed by atoms with Gasteiger partial charge in [-0.25, -0.2) is 0 Å². The minimum absolute atomic E-state index is 0.141. The highest BCUT2D eigenvalue weighted by Crippen LogP contribution is 2.15. The lowest BCUT2D eigenvalue weighted by atomic mass is 10.2. The molecule has 7 heteroatoms.